The number of amides is 1. The van der Waals surface area contributed by atoms with Crippen LogP contribution < -0.4 is 5.32 Å². The van der Waals surface area contributed by atoms with Crippen molar-refractivity contribution in [1.82, 2.24) is 15.2 Å². The maximum absolute atomic E-state index is 12.5. The highest BCUT2D eigenvalue weighted by Crippen LogP contribution is 2.28. The second-order valence-electron chi connectivity index (χ2n) is 7.00. The Morgan fingerprint density at radius 1 is 1.15 bits per heavy atom. The fraction of sp³-hybridized carbons (Fsp3) is 0.364. The predicted molar refractivity (Wildman–Crippen MR) is 113 cm³/mol. The first-order valence-electron chi connectivity index (χ1n) is 9.41. The number of benzene rings is 2. The van der Waals surface area contributed by atoms with Crippen LogP contribution in [-0.4, -0.2) is 29.4 Å². The van der Waals surface area contributed by atoms with Gasteiger partial charge >= 0.3 is 0 Å². The number of hydrogen-bond donors (Lipinski definition) is 1. The van der Waals surface area contributed by atoms with Crippen molar-refractivity contribution in [2.45, 2.75) is 39.3 Å². The lowest BCUT2D eigenvalue weighted by Crippen LogP contribution is -2.37. The van der Waals surface area contributed by atoms with Gasteiger partial charge in [-0.25, -0.2) is 4.98 Å². The average molecular weight is 382 g/mol. The van der Waals surface area contributed by atoms with Crippen LogP contribution in [0.2, 0.25) is 0 Å². The van der Waals surface area contributed by atoms with Crippen molar-refractivity contribution in [1.29, 1.82) is 0 Å². The number of carbonyl (C=O) groups excluding carboxylic acids is 1. The van der Waals surface area contributed by atoms with E-state index in [1.165, 1.54) is 10.3 Å². The lowest BCUT2D eigenvalue weighted by Gasteiger charge is -2.23. The minimum Gasteiger partial charge on any atom is -0.348 e. The van der Waals surface area contributed by atoms with E-state index in [0.29, 0.717) is 6.54 Å². The topological polar surface area (TPSA) is 45.2 Å². The summed E-state index contributed by atoms with van der Waals surface area (Å²) in [6.45, 7) is 6.60. The van der Waals surface area contributed by atoms with Crippen molar-refractivity contribution in [3.63, 3.8) is 0 Å². The number of nitrogens with zero attached hydrogens (tertiary/aromatic N) is 2. The van der Waals surface area contributed by atoms with Crippen LogP contribution >= 0.6 is 11.3 Å². The van der Waals surface area contributed by atoms with Crippen LogP contribution in [0.1, 0.15) is 49.0 Å². The fourth-order valence-electron chi connectivity index (χ4n) is 3.03. The van der Waals surface area contributed by atoms with Gasteiger partial charge in [0, 0.05) is 0 Å². The molecule has 0 unspecified atom stereocenters. The summed E-state index contributed by atoms with van der Waals surface area (Å²) in [7, 11) is 1.97. The first-order chi connectivity index (χ1) is 13.0. The number of likely N-dealkylation sites (N-methyl/N-ethyl adjacent to an activating group) is 1. The summed E-state index contributed by atoms with van der Waals surface area (Å²) in [6.07, 6.45) is 1.02. The highest BCUT2D eigenvalue weighted by Gasteiger charge is 2.19. The van der Waals surface area contributed by atoms with Crippen LogP contribution in [0, 0.1) is 0 Å². The molecule has 2 atom stereocenters. The van der Waals surface area contributed by atoms with Crippen LogP contribution in [0.15, 0.2) is 48.5 Å². The molecule has 4 nitrogen and oxygen atoms in total. The van der Waals surface area contributed by atoms with Crippen molar-refractivity contribution in [2.75, 3.05) is 13.6 Å². The number of aryl methyl sites for hydroxylation is 1. The fourth-order valence-corrected chi connectivity index (χ4v) is 4.12. The maximum Gasteiger partial charge on any atom is 0.234 e. The summed E-state index contributed by atoms with van der Waals surface area (Å²) < 4.78 is 1.18. The Hall–Kier alpha value is -2.24. The van der Waals surface area contributed by atoms with E-state index in [2.05, 4.69) is 49.5 Å². The highest BCUT2D eigenvalue weighted by atomic mass is 32.1. The zero-order valence-electron chi connectivity index (χ0n) is 16.4. The van der Waals surface area contributed by atoms with Crippen molar-refractivity contribution in [2.24, 2.45) is 0 Å². The van der Waals surface area contributed by atoms with Gasteiger partial charge in [-0.2, -0.15) is 0 Å². The van der Waals surface area contributed by atoms with Gasteiger partial charge in [0.25, 0.3) is 0 Å². The molecule has 0 aliphatic rings. The van der Waals surface area contributed by atoms with Gasteiger partial charge < -0.3 is 5.32 Å². The van der Waals surface area contributed by atoms with Crippen LogP contribution in [-0.2, 0) is 11.2 Å². The molecule has 5 heteroatoms. The lowest BCUT2D eigenvalue weighted by molar-refractivity contribution is -0.123. The molecule has 0 bridgehead atoms. The molecule has 3 aromatic rings. The second-order valence-corrected chi connectivity index (χ2v) is 8.06. The third kappa shape index (κ3) is 4.73. The molecular formula is C22H27N3OS. The van der Waals surface area contributed by atoms with Crippen molar-refractivity contribution in [3.8, 4) is 0 Å². The number of nitrogens with one attached hydrogen (secondary N) is 1. The molecule has 1 N–H and O–H groups in total. The summed E-state index contributed by atoms with van der Waals surface area (Å²) in [5, 5.41) is 4.14. The summed E-state index contributed by atoms with van der Waals surface area (Å²) in [5.41, 5.74) is 3.45. The number of rotatable bonds is 7. The molecule has 3 rings (SSSR count). The van der Waals surface area contributed by atoms with Gasteiger partial charge in [0.1, 0.15) is 5.01 Å². The normalized spacial score (nSPS) is 13.7. The minimum absolute atomic E-state index is 0.00503. The number of aromatic nitrogens is 1. The largest absolute Gasteiger partial charge is 0.348 e. The quantitative estimate of drug-likeness (QED) is 0.643. The summed E-state index contributed by atoms with van der Waals surface area (Å²) in [6, 6.07) is 16.7. The molecule has 27 heavy (non-hydrogen) atoms. The average Bonchev–Trinajstić information content (AvgIpc) is 3.11. The van der Waals surface area contributed by atoms with Crippen LogP contribution in [0.25, 0.3) is 10.2 Å². The molecule has 0 aliphatic carbocycles. The minimum atomic E-state index is -0.00503. The third-order valence-electron chi connectivity index (χ3n) is 4.99. The third-order valence-corrected chi connectivity index (χ3v) is 6.19. The number of para-hydroxylation sites is 1. The van der Waals surface area contributed by atoms with Gasteiger partial charge in [-0.1, -0.05) is 43.3 Å². The van der Waals surface area contributed by atoms with Crippen molar-refractivity contribution < 1.29 is 4.79 Å². The van der Waals surface area contributed by atoms with Gasteiger partial charge in [-0.15, -0.1) is 11.3 Å². The SMILES string of the molecule is CCc1ccc([C@@H](C)NC(=O)CN(C)[C@@H](C)c2nc3ccccc3s2)cc1. The molecule has 0 radical (unpaired) electrons. The van der Waals surface area contributed by atoms with E-state index in [-0.39, 0.29) is 18.0 Å². The Balaban J connectivity index is 1.58. The maximum atomic E-state index is 12.5. The van der Waals surface area contributed by atoms with E-state index < -0.39 is 0 Å². The number of thiazole rings is 1. The van der Waals surface area contributed by atoms with E-state index in [1.54, 1.807) is 11.3 Å². The Kier molecular flexibility index (Phi) is 6.24. The molecule has 0 fully saturated rings. The Labute approximate surface area is 165 Å². The smallest absolute Gasteiger partial charge is 0.234 e. The number of carbonyl (C=O) groups is 1. The summed E-state index contributed by atoms with van der Waals surface area (Å²) >= 11 is 1.69. The molecule has 142 valence electrons. The van der Waals surface area contributed by atoms with Gasteiger partial charge in [-0.3, -0.25) is 9.69 Å². The van der Waals surface area contributed by atoms with Gasteiger partial charge in [0.2, 0.25) is 5.91 Å². The molecule has 1 aromatic heterocycles. The first kappa shape index (κ1) is 19.5. The van der Waals surface area contributed by atoms with E-state index >= 15 is 0 Å². The zero-order chi connectivity index (χ0) is 19.4. The summed E-state index contributed by atoms with van der Waals surface area (Å²) in [5.74, 6) is 0.0255. The summed E-state index contributed by atoms with van der Waals surface area (Å²) in [4.78, 5) is 19.3. The zero-order valence-corrected chi connectivity index (χ0v) is 17.2. The van der Waals surface area contributed by atoms with Gasteiger partial charge in [0.05, 0.1) is 28.8 Å². The van der Waals surface area contributed by atoms with Crippen LogP contribution in [0.5, 0.6) is 0 Å². The Bertz CT molecular complexity index is 870. The van der Waals surface area contributed by atoms with E-state index in [0.717, 1.165) is 22.5 Å². The van der Waals surface area contributed by atoms with Crippen molar-refractivity contribution in [3.05, 3.63) is 64.7 Å². The second kappa shape index (κ2) is 8.63. The molecular weight excluding hydrogens is 354 g/mol. The highest BCUT2D eigenvalue weighted by molar-refractivity contribution is 7.18. The Morgan fingerprint density at radius 2 is 1.85 bits per heavy atom. The number of hydrogen-bond acceptors (Lipinski definition) is 4. The molecule has 0 aliphatic heterocycles. The molecule has 0 saturated heterocycles. The standard InChI is InChI=1S/C22H27N3OS/c1-5-17-10-12-18(13-11-17)15(2)23-21(26)14-25(4)16(3)22-24-19-8-6-7-9-20(19)27-22/h6-13,15-16H,5,14H2,1-4H3,(H,23,26)/t15-,16+/m1/s1. The molecule has 1 heterocycles. The first-order valence-corrected chi connectivity index (χ1v) is 10.2. The van der Waals surface area contributed by atoms with Gasteiger partial charge in [-0.05, 0) is 50.6 Å². The lowest BCUT2D eigenvalue weighted by atomic mass is 10.1. The van der Waals surface area contributed by atoms with E-state index in [4.69, 9.17) is 4.98 Å². The molecule has 0 saturated carbocycles. The molecule has 0 spiro atoms. The van der Waals surface area contributed by atoms with E-state index in [9.17, 15) is 4.79 Å². The van der Waals surface area contributed by atoms with Crippen LogP contribution in [0.4, 0.5) is 0 Å². The monoisotopic (exact) mass is 381 g/mol. The van der Waals surface area contributed by atoms with Crippen molar-refractivity contribution >= 4 is 27.5 Å². The van der Waals surface area contributed by atoms with Gasteiger partial charge in [0.15, 0.2) is 0 Å². The predicted octanol–water partition coefficient (Wildman–Crippen LogP) is 4.73. The van der Waals surface area contributed by atoms with E-state index in [1.807, 2.05) is 37.1 Å². The molecule has 2 aromatic carbocycles. The van der Waals surface area contributed by atoms with Crippen LogP contribution in [0.3, 0.4) is 0 Å². The number of fused-ring (bicyclic) bond motifs is 1. The molecule has 1 amide bonds. The Morgan fingerprint density at radius 3 is 2.52 bits per heavy atom.